The molecular formula is C32H31FN4O4S. The molecular weight excluding hydrogens is 555 g/mol. The van der Waals surface area contributed by atoms with Crippen LogP contribution in [0.25, 0.3) is 0 Å². The highest BCUT2D eigenvalue weighted by Crippen LogP contribution is 2.39. The van der Waals surface area contributed by atoms with E-state index in [1.54, 1.807) is 30.3 Å². The van der Waals surface area contributed by atoms with Crippen molar-refractivity contribution in [1.29, 1.82) is 0 Å². The van der Waals surface area contributed by atoms with Crippen LogP contribution in [-0.2, 0) is 23.0 Å². The van der Waals surface area contributed by atoms with Gasteiger partial charge in [0.25, 0.3) is 21.5 Å². The number of halogens is 1. The van der Waals surface area contributed by atoms with Crippen LogP contribution in [-0.4, -0.2) is 38.5 Å². The largest absolute Gasteiger partial charge is 0.369 e. The van der Waals surface area contributed by atoms with Crippen LogP contribution in [0.3, 0.4) is 0 Å². The number of aromatic nitrogens is 1. The first-order valence-electron chi connectivity index (χ1n) is 14.0. The van der Waals surface area contributed by atoms with Crippen molar-refractivity contribution < 1.29 is 17.6 Å². The number of fused-ring (bicyclic) bond motifs is 4. The molecule has 2 aliphatic heterocycles. The van der Waals surface area contributed by atoms with Crippen molar-refractivity contribution in [3.8, 4) is 0 Å². The maximum absolute atomic E-state index is 13.5. The molecule has 1 aromatic heterocycles. The molecule has 0 radical (unpaired) electrons. The van der Waals surface area contributed by atoms with Crippen molar-refractivity contribution in [3.05, 3.63) is 124 Å². The van der Waals surface area contributed by atoms with Crippen molar-refractivity contribution in [2.24, 2.45) is 5.92 Å². The van der Waals surface area contributed by atoms with Gasteiger partial charge in [-0.25, -0.2) is 12.8 Å². The van der Waals surface area contributed by atoms with Gasteiger partial charge in [-0.05, 0) is 72.9 Å². The molecule has 2 atom stereocenters. The zero-order chi connectivity index (χ0) is 29.3. The van der Waals surface area contributed by atoms with Crippen LogP contribution in [0.2, 0.25) is 0 Å². The number of carbonyl (C=O) groups excluding carboxylic acids is 1. The summed E-state index contributed by atoms with van der Waals surface area (Å²) in [6, 6.07) is 24.8. The zero-order valence-corrected chi connectivity index (χ0v) is 23.7. The van der Waals surface area contributed by atoms with E-state index in [1.165, 1.54) is 12.1 Å². The third kappa shape index (κ3) is 5.80. The van der Waals surface area contributed by atoms with Crippen LogP contribution in [0, 0.1) is 11.7 Å². The maximum Gasteiger partial charge on any atom is 0.261 e. The van der Waals surface area contributed by atoms with Gasteiger partial charge in [0, 0.05) is 49.4 Å². The normalized spacial score (nSPS) is 17.8. The van der Waals surface area contributed by atoms with Gasteiger partial charge in [0.05, 0.1) is 16.3 Å². The Bertz CT molecular complexity index is 1770. The van der Waals surface area contributed by atoms with Crippen LogP contribution in [0.1, 0.15) is 34.0 Å². The quantitative estimate of drug-likeness (QED) is 0.319. The second kappa shape index (κ2) is 11.4. The second-order valence-electron chi connectivity index (χ2n) is 10.9. The summed E-state index contributed by atoms with van der Waals surface area (Å²) in [4.78, 5) is 27.6. The van der Waals surface area contributed by atoms with Crippen LogP contribution in [0.5, 0.6) is 0 Å². The van der Waals surface area contributed by atoms with Gasteiger partial charge in [0.2, 0.25) is 0 Å². The average molecular weight is 587 g/mol. The van der Waals surface area contributed by atoms with E-state index in [0.717, 1.165) is 29.8 Å². The summed E-state index contributed by atoms with van der Waals surface area (Å²) in [6.07, 6.45) is 1.61. The monoisotopic (exact) mass is 586 g/mol. The number of sulfonamides is 1. The van der Waals surface area contributed by atoms with E-state index >= 15 is 0 Å². The Kier molecular flexibility index (Phi) is 7.55. The summed E-state index contributed by atoms with van der Waals surface area (Å²) in [6.45, 7) is 2.25. The number of carbonyl (C=O) groups is 1. The molecule has 3 aromatic carbocycles. The lowest BCUT2D eigenvalue weighted by Gasteiger charge is -2.44. The number of amides is 1. The molecule has 4 aromatic rings. The number of rotatable bonds is 8. The first-order valence-corrected chi connectivity index (χ1v) is 15.4. The van der Waals surface area contributed by atoms with E-state index in [1.807, 2.05) is 41.0 Å². The summed E-state index contributed by atoms with van der Waals surface area (Å²) < 4.78 is 44.8. The SMILES string of the molecule is O=C(NCCc1ccccc1)c1ccc(N2C[C@H]3C[C@@H](C2)c2cccc(=O)n2C3)c(NS(=O)(=O)c2ccc(F)cc2)c1. The first-order chi connectivity index (χ1) is 20.3. The lowest BCUT2D eigenvalue weighted by Crippen LogP contribution is -2.47. The predicted molar refractivity (Wildman–Crippen MR) is 160 cm³/mol. The summed E-state index contributed by atoms with van der Waals surface area (Å²) in [5, 5.41) is 2.92. The zero-order valence-electron chi connectivity index (χ0n) is 22.9. The average Bonchev–Trinajstić information content (AvgIpc) is 2.98. The molecule has 1 fully saturated rings. The molecule has 2 N–H and O–H groups in total. The Morgan fingerprint density at radius 3 is 2.48 bits per heavy atom. The van der Waals surface area contributed by atoms with E-state index in [0.29, 0.717) is 43.9 Å². The van der Waals surface area contributed by atoms with Gasteiger partial charge in [0.1, 0.15) is 5.82 Å². The Morgan fingerprint density at radius 2 is 1.69 bits per heavy atom. The fourth-order valence-corrected chi connectivity index (χ4v) is 7.08. The number of piperidine rings is 1. The molecule has 0 saturated carbocycles. The van der Waals surface area contributed by atoms with Gasteiger partial charge in [0.15, 0.2) is 0 Å². The Hall–Kier alpha value is -4.44. The van der Waals surface area contributed by atoms with Gasteiger partial charge < -0.3 is 14.8 Å². The van der Waals surface area contributed by atoms with Gasteiger partial charge in [-0.2, -0.15) is 0 Å². The molecule has 8 nitrogen and oxygen atoms in total. The molecule has 42 heavy (non-hydrogen) atoms. The summed E-state index contributed by atoms with van der Waals surface area (Å²) in [7, 11) is -4.08. The number of anilines is 2. The minimum Gasteiger partial charge on any atom is -0.369 e. The Labute approximate surface area is 243 Å². The molecule has 1 saturated heterocycles. The lowest BCUT2D eigenvalue weighted by molar-refractivity contribution is 0.0954. The lowest BCUT2D eigenvalue weighted by atomic mass is 9.83. The van der Waals surface area contributed by atoms with Gasteiger partial charge in [-0.15, -0.1) is 0 Å². The highest BCUT2D eigenvalue weighted by atomic mass is 32.2. The predicted octanol–water partition coefficient (Wildman–Crippen LogP) is 4.38. The minimum atomic E-state index is -4.08. The Balaban J connectivity index is 1.29. The van der Waals surface area contributed by atoms with E-state index < -0.39 is 15.8 Å². The summed E-state index contributed by atoms with van der Waals surface area (Å²) >= 11 is 0. The van der Waals surface area contributed by atoms with Gasteiger partial charge in [-0.3, -0.25) is 14.3 Å². The molecule has 0 unspecified atom stereocenters. The topological polar surface area (TPSA) is 101 Å². The van der Waals surface area contributed by atoms with Crippen molar-refractivity contribution in [1.82, 2.24) is 9.88 Å². The fraction of sp³-hybridized carbons (Fsp3) is 0.250. The minimum absolute atomic E-state index is 0.00831. The number of hydrogen-bond donors (Lipinski definition) is 2. The molecule has 10 heteroatoms. The highest BCUT2D eigenvalue weighted by molar-refractivity contribution is 7.92. The molecule has 1 amide bonds. The van der Waals surface area contributed by atoms with Crippen molar-refractivity contribution in [2.75, 3.05) is 29.3 Å². The van der Waals surface area contributed by atoms with Crippen LogP contribution in [0.4, 0.5) is 15.8 Å². The number of nitrogens with one attached hydrogen (secondary N) is 2. The molecule has 2 bridgehead atoms. The van der Waals surface area contributed by atoms with Crippen molar-refractivity contribution in [2.45, 2.75) is 30.2 Å². The summed E-state index contributed by atoms with van der Waals surface area (Å²) in [5.74, 6) is -0.542. The second-order valence-corrected chi connectivity index (χ2v) is 12.6. The van der Waals surface area contributed by atoms with E-state index in [4.69, 9.17) is 0 Å². The smallest absolute Gasteiger partial charge is 0.261 e. The first kappa shape index (κ1) is 27.7. The molecule has 6 rings (SSSR count). The standard InChI is InChI=1S/C32H31FN4O4S/c33-26-10-12-27(13-11-26)42(40,41)35-28-18-24(32(39)34-16-15-22-5-2-1-3-6-22)9-14-30(28)36-19-23-17-25(21-36)29-7-4-8-31(38)37(29)20-23/h1-14,18,23,25,35H,15-17,19-21H2,(H,34,39)/t23-,25+/m1/s1. The number of hydrogen-bond acceptors (Lipinski definition) is 5. The van der Waals surface area contributed by atoms with E-state index in [9.17, 15) is 22.4 Å². The molecule has 3 heterocycles. The number of benzene rings is 3. The summed E-state index contributed by atoms with van der Waals surface area (Å²) in [5.41, 5.74) is 3.29. The van der Waals surface area contributed by atoms with E-state index in [-0.39, 0.29) is 33.9 Å². The molecule has 216 valence electrons. The number of pyridine rings is 1. The third-order valence-electron chi connectivity index (χ3n) is 7.99. The maximum atomic E-state index is 13.5. The number of nitrogens with zero attached hydrogens (tertiary/aromatic N) is 2. The molecule has 0 aliphatic carbocycles. The van der Waals surface area contributed by atoms with Crippen molar-refractivity contribution >= 4 is 27.3 Å². The van der Waals surface area contributed by atoms with Gasteiger partial charge >= 0.3 is 0 Å². The molecule has 0 spiro atoms. The highest BCUT2D eigenvalue weighted by Gasteiger charge is 2.35. The third-order valence-corrected chi connectivity index (χ3v) is 9.37. The van der Waals surface area contributed by atoms with Gasteiger partial charge in [-0.1, -0.05) is 36.4 Å². The van der Waals surface area contributed by atoms with Crippen molar-refractivity contribution in [3.63, 3.8) is 0 Å². The fourth-order valence-electron chi connectivity index (χ4n) is 6.01. The van der Waals surface area contributed by atoms with Crippen LogP contribution < -0.4 is 20.5 Å². The van der Waals surface area contributed by atoms with Crippen LogP contribution in [0.15, 0.2) is 101 Å². The Morgan fingerprint density at radius 1 is 0.905 bits per heavy atom. The molecule has 2 aliphatic rings. The van der Waals surface area contributed by atoms with Crippen LogP contribution >= 0.6 is 0 Å². The van der Waals surface area contributed by atoms with E-state index in [2.05, 4.69) is 14.9 Å².